The molecule has 30 heavy (non-hydrogen) atoms. The van der Waals surface area contributed by atoms with Gasteiger partial charge >= 0.3 is 0 Å². The van der Waals surface area contributed by atoms with Gasteiger partial charge in [0, 0.05) is 5.56 Å². The SMILES string of the molecule is Cc1ccc(S(=O)(=O)N2[C@H](C(=O)c3ccc(C(C)C)cc3)[C@H]2c2ccccc2)cc1. The Morgan fingerprint density at radius 3 is 2.03 bits per heavy atom. The lowest BCUT2D eigenvalue weighted by Gasteiger charge is -2.08. The number of hydrogen-bond acceptors (Lipinski definition) is 3. The van der Waals surface area contributed by atoms with Gasteiger partial charge in [-0.15, -0.1) is 0 Å². The molecular formula is C25H25NO3S. The molecule has 1 unspecified atom stereocenters. The maximum Gasteiger partial charge on any atom is 0.244 e. The highest BCUT2D eigenvalue weighted by Gasteiger charge is 2.60. The maximum atomic E-state index is 13.4. The monoisotopic (exact) mass is 419 g/mol. The van der Waals surface area contributed by atoms with E-state index in [1.165, 1.54) is 4.31 Å². The lowest BCUT2D eigenvalue weighted by molar-refractivity contribution is 0.0981. The van der Waals surface area contributed by atoms with Crippen LogP contribution in [0.4, 0.5) is 0 Å². The summed E-state index contributed by atoms with van der Waals surface area (Å²) in [6, 6.07) is 22.4. The molecule has 3 atom stereocenters. The average molecular weight is 420 g/mol. The highest BCUT2D eigenvalue weighted by Crippen LogP contribution is 2.49. The molecule has 0 amide bonds. The summed E-state index contributed by atoms with van der Waals surface area (Å²) in [7, 11) is -3.79. The van der Waals surface area contributed by atoms with Gasteiger partial charge in [0.15, 0.2) is 5.78 Å². The lowest BCUT2D eigenvalue weighted by atomic mass is 9.98. The molecule has 1 heterocycles. The summed E-state index contributed by atoms with van der Waals surface area (Å²) in [6.45, 7) is 6.10. The first-order valence-corrected chi connectivity index (χ1v) is 11.5. The van der Waals surface area contributed by atoms with Crippen molar-refractivity contribution in [3.8, 4) is 0 Å². The van der Waals surface area contributed by atoms with Crippen molar-refractivity contribution in [2.75, 3.05) is 0 Å². The molecule has 0 spiro atoms. The van der Waals surface area contributed by atoms with Crippen molar-refractivity contribution in [2.45, 2.75) is 43.7 Å². The molecule has 0 aromatic heterocycles. The standard InChI is InChI=1S/C25H25NO3S/c1-17(2)19-11-13-21(14-12-19)25(27)24-23(20-7-5-4-6-8-20)26(24)30(28,29)22-15-9-18(3)10-16-22/h4-17,23-24H,1-3H3/t23-,24+,26?/m1/s1. The van der Waals surface area contributed by atoms with E-state index in [0.29, 0.717) is 11.5 Å². The third-order valence-electron chi connectivity index (χ3n) is 5.63. The van der Waals surface area contributed by atoms with Crippen LogP contribution in [0.2, 0.25) is 0 Å². The van der Waals surface area contributed by atoms with Gasteiger partial charge in [-0.05, 0) is 36.1 Å². The molecule has 4 nitrogen and oxygen atoms in total. The van der Waals surface area contributed by atoms with Gasteiger partial charge in [-0.3, -0.25) is 4.79 Å². The topological polar surface area (TPSA) is 54.2 Å². The second-order valence-electron chi connectivity index (χ2n) is 8.09. The van der Waals surface area contributed by atoms with Gasteiger partial charge < -0.3 is 0 Å². The van der Waals surface area contributed by atoms with Gasteiger partial charge in [-0.2, -0.15) is 4.31 Å². The van der Waals surface area contributed by atoms with E-state index in [1.54, 1.807) is 36.4 Å². The van der Waals surface area contributed by atoms with Crippen molar-refractivity contribution in [1.29, 1.82) is 0 Å². The Morgan fingerprint density at radius 2 is 1.47 bits per heavy atom. The first-order chi connectivity index (χ1) is 14.3. The maximum absolute atomic E-state index is 13.4. The van der Waals surface area contributed by atoms with Crippen LogP contribution in [0.25, 0.3) is 0 Å². The van der Waals surface area contributed by atoms with Crippen molar-refractivity contribution in [1.82, 2.24) is 4.31 Å². The van der Waals surface area contributed by atoms with E-state index in [9.17, 15) is 13.2 Å². The van der Waals surface area contributed by atoms with Crippen LogP contribution in [0.15, 0.2) is 83.8 Å². The predicted octanol–water partition coefficient (Wildman–Crippen LogP) is 5.12. The summed E-state index contributed by atoms with van der Waals surface area (Å²) in [4.78, 5) is 13.5. The Morgan fingerprint density at radius 1 is 0.867 bits per heavy atom. The van der Waals surface area contributed by atoms with Crippen LogP contribution < -0.4 is 0 Å². The molecule has 154 valence electrons. The van der Waals surface area contributed by atoms with Crippen molar-refractivity contribution in [2.24, 2.45) is 0 Å². The molecule has 3 aromatic carbocycles. The van der Waals surface area contributed by atoms with Crippen LogP contribution in [-0.4, -0.2) is 24.5 Å². The van der Waals surface area contributed by atoms with Gasteiger partial charge in [-0.1, -0.05) is 86.1 Å². The summed E-state index contributed by atoms with van der Waals surface area (Å²) in [5, 5.41) is 0. The second kappa shape index (κ2) is 7.82. The van der Waals surface area contributed by atoms with E-state index in [1.807, 2.05) is 49.4 Å². The molecule has 1 aliphatic rings. The number of aryl methyl sites for hydroxylation is 1. The van der Waals surface area contributed by atoms with Crippen molar-refractivity contribution in [3.63, 3.8) is 0 Å². The highest BCUT2D eigenvalue weighted by molar-refractivity contribution is 7.89. The second-order valence-corrected chi connectivity index (χ2v) is 9.93. The minimum atomic E-state index is -3.79. The Labute approximate surface area is 178 Å². The van der Waals surface area contributed by atoms with Gasteiger partial charge in [-0.25, -0.2) is 8.42 Å². The number of rotatable bonds is 6. The molecule has 0 saturated carbocycles. The Balaban J connectivity index is 1.71. The van der Waals surface area contributed by atoms with Gasteiger partial charge in [0.05, 0.1) is 10.9 Å². The number of carbonyl (C=O) groups is 1. The minimum absolute atomic E-state index is 0.171. The zero-order valence-electron chi connectivity index (χ0n) is 17.3. The largest absolute Gasteiger partial charge is 0.292 e. The van der Waals surface area contributed by atoms with E-state index in [0.717, 1.165) is 16.7 Å². The molecule has 0 aliphatic carbocycles. The molecular weight excluding hydrogens is 394 g/mol. The fourth-order valence-electron chi connectivity index (χ4n) is 3.78. The van der Waals surface area contributed by atoms with Gasteiger partial charge in [0.2, 0.25) is 10.0 Å². The molecule has 0 bridgehead atoms. The third-order valence-corrected chi connectivity index (χ3v) is 7.50. The Bertz CT molecular complexity index is 1150. The van der Waals surface area contributed by atoms with Crippen LogP contribution in [0.5, 0.6) is 0 Å². The van der Waals surface area contributed by atoms with Crippen LogP contribution in [0, 0.1) is 6.92 Å². The van der Waals surface area contributed by atoms with Crippen molar-refractivity contribution < 1.29 is 13.2 Å². The number of sulfonamides is 1. The number of ketones is 1. The van der Waals surface area contributed by atoms with Crippen molar-refractivity contribution >= 4 is 15.8 Å². The van der Waals surface area contributed by atoms with E-state index >= 15 is 0 Å². The Kier molecular flexibility index (Phi) is 5.35. The first-order valence-electron chi connectivity index (χ1n) is 10.1. The summed E-state index contributed by atoms with van der Waals surface area (Å²) < 4.78 is 28.0. The smallest absolute Gasteiger partial charge is 0.244 e. The van der Waals surface area contributed by atoms with E-state index < -0.39 is 22.1 Å². The molecule has 0 radical (unpaired) electrons. The van der Waals surface area contributed by atoms with E-state index in [2.05, 4.69) is 13.8 Å². The number of nitrogens with zero attached hydrogens (tertiary/aromatic N) is 1. The summed E-state index contributed by atoms with van der Waals surface area (Å²) in [6.07, 6.45) is 0. The van der Waals surface area contributed by atoms with Crippen molar-refractivity contribution in [3.05, 3.63) is 101 Å². The predicted molar refractivity (Wildman–Crippen MR) is 118 cm³/mol. The summed E-state index contributed by atoms with van der Waals surface area (Å²) in [5.74, 6) is 0.195. The van der Waals surface area contributed by atoms with Crippen LogP contribution in [-0.2, 0) is 10.0 Å². The average Bonchev–Trinajstić information content (AvgIpc) is 3.51. The number of hydrogen-bond donors (Lipinski definition) is 0. The molecule has 3 aromatic rings. The van der Waals surface area contributed by atoms with Gasteiger partial charge in [0.1, 0.15) is 6.04 Å². The molecule has 1 aliphatic heterocycles. The highest BCUT2D eigenvalue weighted by atomic mass is 32.2. The fourth-order valence-corrected chi connectivity index (χ4v) is 5.50. The molecule has 1 saturated heterocycles. The molecule has 0 N–H and O–H groups in total. The van der Waals surface area contributed by atoms with Crippen LogP contribution in [0.3, 0.4) is 0 Å². The zero-order valence-corrected chi connectivity index (χ0v) is 18.1. The third kappa shape index (κ3) is 3.71. The summed E-state index contributed by atoms with van der Waals surface area (Å²) in [5.41, 5.74) is 3.49. The summed E-state index contributed by atoms with van der Waals surface area (Å²) >= 11 is 0. The molecule has 4 rings (SSSR count). The van der Waals surface area contributed by atoms with E-state index in [4.69, 9.17) is 0 Å². The minimum Gasteiger partial charge on any atom is -0.292 e. The first kappa shape index (κ1) is 20.5. The quantitative estimate of drug-likeness (QED) is 0.412. The van der Waals surface area contributed by atoms with Crippen LogP contribution in [0.1, 0.15) is 52.9 Å². The number of benzene rings is 3. The lowest BCUT2D eigenvalue weighted by Crippen LogP contribution is -2.19. The van der Waals surface area contributed by atoms with E-state index in [-0.39, 0.29) is 10.7 Å². The molecule has 5 heteroatoms. The fraction of sp³-hybridized carbons (Fsp3) is 0.240. The van der Waals surface area contributed by atoms with Crippen LogP contribution >= 0.6 is 0 Å². The zero-order chi connectivity index (χ0) is 21.5. The number of Topliss-reactive ketones (excluding diaryl/α,β-unsaturated/α-hetero) is 1. The number of carbonyl (C=O) groups excluding carboxylic acids is 1. The van der Waals surface area contributed by atoms with Gasteiger partial charge in [0.25, 0.3) is 0 Å². The normalized spacial score (nSPS) is 20.9. The molecule has 1 fully saturated rings. The Hall–Kier alpha value is -2.76.